The van der Waals surface area contributed by atoms with Gasteiger partial charge in [-0.25, -0.2) is 9.18 Å². The molecule has 0 aromatic heterocycles. The van der Waals surface area contributed by atoms with Crippen LogP contribution in [0.4, 0.5) is 9.18 Å². The van der Waals surface area contributed by atoms with Crippen LogP contribution in [0, 0.1) is 5.82 Å². The van der Waals surface area contributed by atoms with Crippen molar-refractivity contribution in [1.82, 2.24) is 20.0 Å². The zero-order valence-electron chi connectivity index (χ0n) is 18.3. The van der Waals surface area contributed by atoms with Crippen LogP contribution in [0.3, 0.4) is 0 Å². The lowest BCUT2D eigenvalue weighted by molar-refractivity contribution is -0.141. The average Bonchev–Trinajstić information content (AvgIpc) is 3.04. The van der Waals surface area contributed by atoms with Gasteiger partial charge in [0.05, 0.1) is 12.5 Å². The van der Waals surface area contributed by atoms with Crippen molar-refractivity contribution in [3.8, 4) is 0 Å². The Morgan fingerprint density at radius 3 is 2.50 bits per heavy atom. The van der Waals surface area contributed by atoms with Crippen LogP contribution >= 0.6 is 0 Å². The van der Waals surface area contributed by atoms with Gasteiger partial charge < -0.3 is 15.1 Å². The van der Waals surface area contributed by atoms with E-state index in [1.54, 1.807) is 34.9 Å². The number of carbonyl (C=O) groups excluding carboxylic acids is 4. The molecule has 0 bridgehead atoms. The van der Waals surface area contributed by atoms with E-state index in [-0.39, 0.29) is 30.7 Å². The summed E-state index contributed by atoms with van der Waals surface area (Å²) < 4.78 is 13.9. The Labute approximate surface area is 186 Å². The lowest BCUT2D eigenvalue weighted by Crippen LogP contribution is -2.57. The summed E-state index contributed by atoms with van der Waals surface area (Å²) in [6, 6.07) is 5.35. The van der Waals surface area contributed by atoms with Crippen molar-refractivity contribution in [2.45, 2.75) is 57.0 Å². The molecule has 0 aliphatic carbocycles. The first kappa shape index (κ1) is 22.2. The van der Waals surface area contributed by atoms with Gasteiger partial charge in [0.2, 0.25) is 11.8 Å². The van der Waals surface area contributed by atoms with E-state index in [1.807, 2.05) is 0 Å². The fourth-order valence-corrected chi connectivity index (χ4v) is 4.98. The van der Waals surface area contributed by atoms with Crippen LogP contribution in [-0.2, 0) is 20.8 Å². The maximum atomic E-state index is 13.9. The van der Waals surface area contributed by atoms with Crippen molar-refractivity contribution < 1.29 is 23.6 Å². The standard InChI is InChI=1S/C23H29FN4O4/c1-2-19(29)26-12-9-23(10-13-26)21(31)28(22(32)25-23)17-7-5-11-27(15-17)20(30)14-16-6-3-4-8-18(16)24/h3-4,6,8,17H,2,5,7,9-15H2,1H3,(H,25,32)/t17-/m0/s1. The molecule has 0 unspecified atom stereocenters. The van der Waals surface area contributed by atoms with Gasteiger partial charge in [-0.3, -0.25) is 19.3 Å². The smallest absolute Gasteiger partial charge is 0.325 e. The molecular weight excluding hydrogens is 415 g/mol. The van der Waals surface area contributed by atoms with Gasteiger partial charge in [0.15, 0.2) is 0 Å². The molecule has 32 heavy (non-hydrogen) atoms. The van der Waals surface area contributed by atoms with Crippen LogP contribution < -0.4 is 5.32 Å². The van der Waals surface area contributed by atoms with Crippen LogP contribution in [0.2, 0.25) is 0 Å². The molecule has 0 radical (unpaired) electrons. The normalized spacial score (nSPS) is 22.9. The van der Waals surface area contributed by atoms with Crippen molar-refractivity contribution in [2.75, 3.05) is 26.2 Å². The number of piperidine rings is 2. The summed E-state index contributed by atoms with van der Waals surface area (Å²) in [4.78, 5) is 55.5. The van der Waals surface area contributed by atoms with Crippen LogP contribution in [0.5, 0.6) is 0 Å². The minimum Gasteiger partial charge on any atom is -0.343 e. The summed E-state index contributed by atoms with van der Waals surface area (Å²) >= 11 is 0. The zero-order chi connectivity index (χ0) is 22.9. The van der Waals surface area contributed by atoms with Gasteiger partial charge >= 0.3 is 6.03 Å². The Bertz CT molecular complexity index is 928. The Morgan fingerprint density at radius 1 is 1.09 bits per heavy atom. The lowest BCUT2D eigenvalue weighted by atomic mass is 9.87. The molecule has 3 aliphatic heterocycles. The van der Waals surface area contributed by atoms with Gasteiger partial charge in [0.1, 0.15) is 11.4 Å². The highest BCUT2D eigenvalue weighted by molar-refractivity contribution is 6.07. The van der Waals surface area contributed by atoms with E-state index in [4.69, 9.17) is 0 Å². The van der Waals surface area contributed by atoms with E-state index < -0.39 is 23.4 Å². The molecule has 3 aliphatic rings. The predicted molar refractivity (Wildman–Crippen MR) is 114 cm³/mol. The molecule has 8 nitrogen and oxygen atoms in total. The number of nitrogens with one attached hydrogen (secondary N) is 1. The van der Waals surface area contributed by atoms with E-state index in [1.165, 1.54) is 11.0 Å². The molecule has 1 aromatic carbocycles. The lowest BCUT2D eigenvalue weighted by Gasteiger charge is -2.39. The molecule has 172 valence electrons. The van der Waals surface area contributed by atoms with Gasteiger partial charge in [-0.2, -0.15) is 0 Å². The van der Waals surface area contributed by atoms with Crippen LogP contribution in [0.25, 0.3) is 0 Å². The van der Waals surface area contributed by atoms with Gasteiger partial charge in [0, 0.05) is 32.6 Å². The number of hydrogen-bond donors (Lipinski definition) is 1. The molecular formula is C23H29FN4O4. The number of likely N-dealkylation sites (tertiary alicyclic amines) is 2. The van der Waals surface area contributed by atoms with Gasteiger partial charge in [-0.1, -0.05) is 25.1 Å². The summed E-state index contributed by atoms with van der Waals surface area (Å²) in [5.41, 5.74) is -0.636. The third-order valence-corrected chi connectivity index (χ3v) is 6.88. The number of urea groups is 1. The molecule has 1 spiro atoms. The van der Waals surface area contributed by atoms with E-state index >= 15 is 0 Å². The monoisotopic (exact) mass is 444 g/mol. The number of nitrogens with zero attached hydrogens (tertiary/aromatic N) is 3. The number of halogens is 1. The molecule has 3 fully saturated rings. The third kappa shape index (κ3) is 4.08. The highest BCUT2D eigenvalue weighted by Crippen LogP contribution is 2.32. The Hall–Kier alpha value is -2.97. The fraction of sp³-hybridized carbons (Fsp3) is 0.565. The topological polar surface area (TPSA) is 90.0 Å². The SMILES string of the molecule is CCC(=O)N1CCC2(CC1)NC(=O)N([C@H]1CCCN(C(=O)Cc3ccccc3F)C1)C2=O. The minimum atomic E-state index is -0.971. The second kappa shape index (κ2) is 8.88. The average molecular weight is 445 g/mol. The maximum Gasteiger partial charge on any atom is 0.325 e. The van der Waals surface area contributed by atoms with Crippen molar-refractivity contribution in [3.63, 3.8) is 0 Å². The molecule has 3 heterocycles. The molecule has 4 rings (SSSR count). The van der Waals surface area contributed by atoms with Crippen molar-refractivity contribution in [2.24, 2.45) is 0 Å². The highest BCUT2D eigenvalue weighted by atomic mass is 19.1. The largest absolute Gasteiger partial charge is 0.343 e. The first-order valence-electron chi connectivity index (χ1n) is 11.3. The summed E-state index contributed by atoms with van der Waals surface area (Å²) in [5, 5.41) is 2.88. The zero-order valence-corrected chi connectivity index (χ0v) is 18.3. The Balaban J connectivity index is 1.42. The number of carbonyl (C=O) groups is 4. The minimum absolute atomic E-state index is 0.0461. The van der Waals surface area contributed by atoms with Crippen molar-refractivity contribution in [1.29, 1.82) is 0 Å². The van der Waals surface area contributed by atoms with E-state index in [9.17, 15) is 23.6 Å². The number of imide groups is 1. The van der Waals surface area contributed by atoms with Crippen LogP contribution in [-0.4, -0.2) is 76.2 Å². The molecule has 1 N–H and O–H groups in total. The van der Waals surface area contributed by atoms with Gasteiger partial charge in [0.25, 0.3) is 5.91 Å². The summed E-state index contributed by atoms with van der Waals surface area (Å²) in [5.74, 6) is -0.851. The fourth-order valence-electron chi connectivity index (χ4n) is 4.98. The second-order valence-electron chi connectivity index (χ2n) is 8.83. The summed E-state index contributed by atoms with van der Waals surface area (Å²) in [7, 11) is 0. The number of amides is 5. The number of hydrogen-bond acceptors (Lipinski definition) is 4. The molecule has 0 saturated carbocycles. The Morgan fingerprint density at radius 2 is 1.81 bits per heavy atom. The van der Waals surface area contributed by atoms with Crippen LogP contribution in [0.15, 0.2) is 24.3 Å². The second-order valence-corrected chi connectivity index (χ2v) is 8.83. The van der Waals surface area contributed by atoms with E-state index in [0.29, 0.717) is 57.3 Å². The molecule has 9 heteroatoms. The third-order valence-electron chi connectivity index (χ3n) is 6.88. The number of rotatable bonds is 4. The first-order valence-corrected chi connectivity index (χ1v) is 11.3. The molecule has 1 atom stereocenters. The van der Waals surface area contributed by atoms with E-state index in [2.05, 4.69) is 5.32 Å². The molecule has 3 saturated heterocycles. The molecule has 5 amide bonds. The Kier molecular flexibility index (Phi) is 6.17. The molecule has 1 aromatic rings. The van der Waals surface area contributed by atoms with Gasteiger partial charge in [-0.05, 0) is 37.3 Å². The maximum absolute atomic E-state index is 13.9. The van der Waals surface area contributed by atoms with Crippen molar-refractivity contribution >= 4 is 23.8 Å². The highest BCUT2D eigenvalue weighted by Gasteiger charge is 2.54. The van der Waals surface area contributed by atoms with E-state index in [0.717, 1.165) is 0 Å². The van der Waals surface area contributed by atoms with Crippen LogP contribution in [0.1, 0.15) is 44.6 Å². The van der Waals surface area contributed by atoms with Gasteiger partial charge in [-0.15, -0.1) is 0 Å². The number of benzene rings is 1. The van der Waals surface area contributed by atoms with Crippen molar-refractivity contribution in [3.05, 3.63) is 35.6 Å². The quantitative estimate of drug-likeness (QED) is 0.716. The first-order chi connectivity index (χ1) is 15.3. The summed E-state index contributed by atoms with van der Waals surface area (Å²) in [6.07, 6.45) is 2.43. The summed E-state index contributed by atoms with van der Waals surface area (Å²) in [6.45, 7) is 3.45. The predicted octanol–water partition coefficient (Wildman–Crippen LogP) is 1.68.